The highest BCUT2D eigenvalue weighted by atomic mass is 35.5. The molecule has 0 aliphatic carbocycles. The van der Waals surface area contributed by atoms with Crippen LogP contribution in [0.3, 0.4) is 0 Å². The Hall–Kier alpha value is -1.33. The van der Waals surface area contributed by atoms with Gasteiger partial charge in [-0.2, -0.15) is 0 Å². The van der Waals surface area contributed by atoms with Crippen molar-refractivity contribution in [3.05, 3.63) is 22.8 Å². The molecule has 0 spiro atoms. The minimum Gasteiger partial charge on any atom is -0.476 e. The van der Waals surface area contributed by atoms with Crippen molar-refractivity contribution in [1.82, 2.24) is 9.88 Å². The topological polar surface area (TPSA) is 56.7 Å². The molecule has 1 aliphatic rings. The predicted octanol–water partition coefficient (Wildman–Crippen LogP) is 1.57. The highest BCUT2D eigenvalue weighted by Crippen LogP contribution is 2.21. The minimum absolute atomic E-state index is 0.0826. The molecule has 6 heteroatoms. The van der Waals surface area contributed by atoms with Crippen LogP contribution in [0.5, 0.6) is 0 Å². The van der Waals surface area contributed by atoms with E-state index in [2.05, 4.69) is 28.8 Å². The summed E-state index contributed by atoms with van der Waals surface area (Å²) in [5.41, 5.74) is -0.0826. The van der Waals surface area contributed by atoms with E-state index in [0.29, 0.717) is 11.9 Å². The fourth-order valence-corrected chi connectivity index (χ4v) is 2.20. The quantitative estimate of drug-likeness (QED) is 0.883. The van der Waals surface area contributed by atoms with Gasteiger partial charge in [-0.3, -0.25) is 0 Å². The summed E-state index contributed by atoms with van der Waals surface area (Å²) < 4.78 is 0. The molecular weight excluding hydrogens is 254 g/mol. The Bertz CT molecular complexity index is 467. The number of hydrogen-bond donors (Lipinski definition) is 1. The molecule has 0 aromatic carbocycles. The number of piperazine rings is 1. The van der Waals surface area contributed by atoms with Gasteiger partial charge < -0.3 is 14.9 Å². The third kappa shape index (κ3) is 2.57. The van der Waals surface area contributed by atoms with E-state index in [-0.39, 0.29) is 10.7 Å². The first-order valence-electron chi connectivity index (χ1n) is 5.84. The molecule has 1 aliphatic heterocycles. The molecule has 1 unspecified atom stereocenters. The van der Waals surface area contributed by atoms with Crippen LogP contribution in [0.1, 0.15) is 17.4 Å². The lowest BCUT2D eigenvalue weighted by molar-refractivity contribution is 0.0691. The molecule has 98 valence electrons. The average molecular weight is 270 g/mol. The predicted molar refractivity (Wildman–Crippen MR) is 70.5 cm³/mol. The highest BCUT2D eigenvalue weighted by molar-refractivity contribution is 6.33. The maximum atomic E-state index is 11.0. The van der Waals surface area contributed by atoms with E-state index in [1.165, 1.54) is 0 Å². The molecule has 1 saturated heterocycles. The van der Waals surface area contributed by atoms with Crippen LogP contribution in [0.2, 0.25) is 5.02 Å². The molecule has 0 bridgehead atoms. The number of carboxylic acids is 1. The van der Waals surface area contributed by atoms with Gasteiger partial charge in [-0.15, -0.1) is 0 Å². The van der Waals surface area contributed by atoms with Crippen molar-refractivity contribution in [1.29, 1.82) is 0 Å². The zero-order valence-corrected chi connectivity index (χ0v) is 11.2. The normalized spacial score (nSPS) is 21.1. The van der Waals surface area contributed by atoms with Crippen molar-refractivity contribution in [2.75, 3.05) is 31.6 Å². The third-order valence-electron chi connectivity index (χ3n) is 3.32. The largest absolute Gasteiger partial charge is 0.476 e. The summed E-state index contributed by atoms with van der Waals surface area (Å²) in [6, 6.07) is 3.79. The van der Waals surface area contributed by atoms with Crippen LogP contribution in [0.25, 0.3) is 0 Å². The molecule has 2 rings (SSSR count). The van der Waals surface area contributed by atoms with Gasteiger partial charge in [0.25, 0.3) is 0 Å². The van der Waals surface area contributed by atoms with Gasteiger partial charge in [0.2, 0.25) is 0 Å². The van der Waals surface area contributed by atoms with Crippen LogP contribution < -0.4 is 4.90 Å². The molecular formula is C12H16ClN3O2. The van der Waals surface area contributed by atoms with Crippen molar-refractivity contribution in [3.63, 3.8) is 0 Å². The molecule has 0 amide bonds. The number of halogens is 1. The van der Waals surface area contributed by atoms with Gasteiger partial charge in [0.15, 0.2) is 5.69 Å². The van der Waals surface area contributed by atoms with Crippen molar-refractivity contribution in [2.45, 2.75) is 13.0 Å². The van der Waals surface area contributed by atoms with Gasteiger partial charge in [0.05, 0.1) is 5.02 Å². The fourth-order valence-electron chi connectivity index (χ4n) is 2.01. The molecule has 18 heavy (non-hydrogen) atoms. The van der Waals surface area contributed by atoms with Crippen LogP contribution in [0.15, 0.2) is 12.1 Å². The van der Waals surface area contributed by atoms with Gasteiger partial charge in [-0.25, -0.2) is 9.78 Å². The maximum Gasteiger partial charge on any atom is 0.356 e. The number of anilines is 1. The number of carboxylic acid groups (broad SMARTS) is 1. The first-order valence-corrected chi connectivity index (χ1v) is 6.22. The van der Waals surface area contributed by atoms with E-state index < -0.39 is 5.97 Å². The van der Waals surface area contributed by atoms with Crippen molar-refractivity contribution in [3.8, 4) is 0 Å². The number of rotatable bonds is 2. The van der Waals surface area contributed by atoms with E-state index in [1.54, 1.807) is 12.1 Å². The molecule has 1 aromatic rings. The molecule has 1 N–H and O–H groups in total. The smallest absolute Gasteiger partial charge is 0.356 e. The number of pyridine rings is 1. The second-order valence-corrected chi connectivity index (χ2v) is 4.99. The molecule has 5 nitrogen and oxygen atoms in total. The fraction of sp³-hybridized carbons (Fsp3) is 0.500. The monoisotopic (exact) mass is 269 g/mol. The zero-order valence-electron chi connectivity index (χ0n) is 10.4. The van der Waals surface area contributed by atoms with Crippen LogP contribution in [-0.4, -0.2) is 53.7 Å². The number of hydrogen-bond acceptors (Lipinski definition) is 4. The van der Waals surface area contributed by atoms with Crippen molar-refractivity contribution < 1.29 is 9.90 Å². The first-order chi connectivity index (χ1) is 8.49. The number of aromatic nitrogens is 1. The zero-order chi connectivity index (χ0) is 13.3. The van der Waals surface area contributed by atoms with Gasteiger partial charge in [0.1, 0.15) is 5.82 Å². The summed E-state index contributed by atoms with van der Waals surface area (Å²) in [7, 11) is 2.08. The van der Waals surface area contributed by atoms with Crippen molar-refractivity contribution in [2.24, 2.45) is 0 Å². The Morgan fingerprint density at radius 2 is 2.22 bits per heavy atom. The summed E-state index contributed by atoms with van der Waals surface area (Å²) in [5, 5.41) is 9.18. The lowest BCUT2D eigenvalue weighted by Crippen LogP contribution is -2.50. The van der Waals surface area contributed by atoms with Gasteiger partial charge >= 0.3 is 5.97 Å². The summed E-state index contributed by atoms with van der Waals surface area (Å²) in [6.07, 6.45) is 0. The molecule has 0 radical (unpaired) electrons. The SMILES string of the molecule is CC1CN(c2ccc(Cl)c(C(=O)O)n2)CCN1C. The second kappa shape index (κ2) is 5.12. The third-order valence-corrected chi connectivity index (χ3v) is 3.62. The molecule has 2 heterocycles. The van der Waals surface area contributed by atoms with Gasteiger partial charge in [-0.1, -0.05) is 11.6 Å². The van der Waals surface area contributed by atoms with E-state index in [4.69, 9.17) is 16.7 Å². The van der Waals surface area contributed by atoms with E-state index in [9.17, 15) is 4.79 Å². The Kier molecular flexibility index (Phi) is 3.73. The average Bonchev–Trinajstić information content (AvgIpc) is 2.33. The van der Waals surface area contributed by atoms with Crippen LogP contribution >= 0.6 is 11.6 Å². The lowest BCUT2D eigenvalue weighted by atomic mass is 10.2. The van der Waals surface area contributed by atoms with Crippen LogP contribution in [0.4, 0.5) is 5.82 Å². The molecule has 1 atom stereocenters. The minimum atomic E-state index is -1.09. The Labute approximate surface area is 111 Å². The van der Waals surface area contributed by atoms with Crippen molar-refractivity contribution >= 4 is 23.4 Å². The number of aromatic carboxylic acids is 1. The second-order valence-electron chi connectivity index (χ2n) is 4.58. The highest BCUT2D eigenvalue weighted by Gasteiger charge is 2.22. The molecule has 0 saturated carbocycles. The summed E-state index contributed by atoms with van der Waals surface area (Å²) in [4.78, 5) is 19.5. The van der Waals surface area contributed by atoms with E-state index in [0.717, 1.165) is 19.6 Å². The molecule has 1 aromatic heterocycles. The number of nitrogens with zero attached hydrogens (tertiary/aromatic N) is 3. The van der Waals surface area contributed by atoms with E-state index in [1.807, 2.05) is 0 Å². The van der Waals surface area contributed by atoms with Gasteiger partial charge in [0, 0.05) is 25.7 Å². The molecule has 1 fully saturated rings. The Morgan fingerprint density at radius 3 is 2.83 bits per heavy atom. The maximum absolute atomic E-state index is 11.0. The van der Waals surface area contributed by atoms with Gasteiger partial charge in [-0.05, 0) is 26.1 Å². The van der Waals surface area contributed by atoms with Crippen LogP contribution in [-0.2, 0) is 0 Å². The Balaban J connectivity index is 2.24. The Morgan fingerprint density at radius 1 is 1.50 bits per heavy atom. The number of carbonyl (C=O) groups is 1. The lowest BCUT2D eigenvalue weighted by Gasteiger charge is -2.38. The summed E-state index contributed by atoms with van der Waals surface area (Å²) in [6.45, 7) is 4.76. The standard InChI is InChI=1S/C12H16ClN3O2/c1-8-7-16(6-5-15(8)2)10-4-3-9(13)11(14-10)12(17)18/h3-4,8H,5-7H2,1-2H3,(H,17,18). The van der Waals surface area contributed by atoms with Crippen LogP contribution in [0, 0.1) is 0 Å². The number of likely N-dealkylation sites (N-methyl/N-ethyl adjacent to an activating group) is 1. The first kappa shape index (κ1) is 13.1. The summed E-state index contributed by atoms with van der Waals surface area (Å²) in [5.74, 6) is -0.416. The summed E-state index contributed by atoms with van der Waals surface area (Å²) >= 11 is 5.81. The van der Waals surface area contributed by atoms with E-state index >= 15 is 0 Å².